The third-order valence-corrected chi connectivity index (χ3v) is 13.2. The van der Waals surface area contributed by atoms with Gasteiger partial charge in [-0.05, 0) is 83.9 Å². The summed E-state index contributed by atoms with van der Waals surface area (Å²) < 4.78 is 0. The van der Waals surface area contributed by atoms with Gasteiger partial charge in [0.05, 0.1) is 24.4 Å². The molecule has 4 saturated carbocycles. The van der Waals surface area contributed by atoms with E-state index in [1.165, 1.54) is 5.57 Å². The molecular weight excluding hydrogens is 440 g/mol. The Kier molecular flexibility index (Phi) is 5.82. The van der Waals surface area contributed by atoms with Crippen LogP contribution in [0, 0.1) is 56.7 Å². The van der Waals surface area contributed by atoms with Crippen molar-refractivity contribution in [2.24, 2.45) is 56.7 Å². The molecule has 0 aromatic carbocycles. The van der Waals surface area contributed by atoms with E-state index in [1.54, 1.807) is 0 Å². The second-order valence-corrected chi connectivity index (χ2v) is 15.0. The molecule has 0 saturated heterocycles. The summed E-state index contributed by atoms with van der Waals surface area (Å²) in [6.45, 7) is 15.6. The highest BCUT2D eigenvalue weighted by Crippen LogP contribution is 2.76. The molecule has 0 aromatic heterocycles. The number of aliphatic hydroxyl groups excluding tert-OH is 5. The summed E-state index contributed by atoms with van der Waals surface area (Å²) >= 11 is 0. The lowest BCUT2D eigenvalue weighted by Gasteiger charge is -2.70. The lowest BCUT2D eigenvalue weighted by atomic mass is 9.35. The minimum absolute atomic E-state index is 0.00288. The van der Waals surface area contributed by atoms with Crippen molar-refractivity contribution >= 4 is 0 Å². The van der Waals surface area contributed by atoms with Crippen LogP contribution in [0.2, 0.25) is 0 Å². The molecule has 0 radical (unpaired) electrons. The molecule has 0 spiro atoms. The van der Waals surface area contributed by atoms with Crippen LogP contribution in [0.1, 0.15) is 87.0 Å². The molecule has 5 aliphatic carbocycles. The topological polar surface area (TPSA) is 101 Å². The Labute approximate surface area is 212 Å². The van der Waals surface area contributed by atoms with Crippen LogP contribution in [-0.4, -0.2) is 56.6 Å². The minimum atomic E-state index is -0.796. The Morgan fingerprint density at radius 3 is 2.14 bits per heavy atom. The van der Waals surface area contributed by atoms with Gasteiger partial charge in [0.1, 0.15) is 0 Å². The first-order valence-corrected chi connectivity index (χ1v) is 14.2. The zero-order valence-corrected chi connectivity index (χ0v) is 23.0. The smallest absolute Gasteiger partial charge is 0.0853 e. The highest BCUT2D eigenvalue weighted by atomic mass is 16.3. The third kappa shape index (κ3) is 3.00. The first kappa shape index (κ1) is 26.2. The Morgan fingerprint density at radius 1 is 0.886 bits per heavy atom. The molecule has 4 fully saturated rings. The van der Waals surface area contributed by atoms with E-state index >= 15 is 0 Å². The predicted octanol–water partition coefficient (Wildman–Crippen LogP) is 3.91. The van der Waals surface area contributed by atoms with Gasteiger partial charge in [0, 0.05) is 17.9 Å². The molecule has 0 heterocycles. The van der Waals surface area contributed by atoms with Crippen LogP contribution < -0.4 is 0 Å². The number of hydrogen-bond acceptors (Lipinski definition) is 5. The van der Waals surface area contributed by atoms with Crippen LogP contribution in [0.25, 0.3) is 0 Å². The fraction of sp³-hybridized carbons (Fsp3) is 0.933. The molecule has 0 unspecified atom stereocenters. The van der Waals surface area contributed by atoms with Crippen molar-refractivity contribution in [3.05, 3.63) is 11.6 Å². The summed E-state index contributed by atoms with van der Waals surface area (Å²) in [6, 6.07) is 0. The van der Waals surface area contributed by atoms with Gasteiger partial charge in [-0.1, -0.05) is 60.1 Å². The molecule has 35 heavy (non-hydrogen) atoms. The standard InChI is InChI=1S/C30H50O5/c1-16(2)18-12-20(33)24-29(7)9-8-17-23(28(29,6)10-11-30(18,24)15-31)19(32)13-22-26(3,4)25(35)21(34)14-27(17,22)5/h8,16,18-25,31-35H,9-15H2,1-7H3/t18-,19-,20+,21+,22-,23-,24+,25-,27+,28+,29-,30-/m0/s1. The van der Waals surface area contributed by atoms with Crippen molar-refractivity contribution in [2.75, 3.05) is 6.61 Å². The third-order valence-electron chi connectivity index (χ3n) is 13.2. The van der Waals surface area contributed by atoms with Crippen molar-refractivity contribution in [1.82, 2.24) is 0 Å². The molecule has 0 aromatic rings. The summed E-state index contributed by atoms with van der Waals surface area (Å²) in [7, 11) is 0. The maximum absolute atomic E-state index is 11.8. The van der Waals surface area contributed by atoms with Gasteiger partial charge in [-0.3, -0.25) is 0 Å². The van der Waals surface area contributed by atoms with Gasteiger partial charge in [0.2, 0.25) is 0 Å². The summed E-state index contributed by atoms with van der Waals surface area (Å²) in [5, 5.41) is 56.0. The Morgan fingerprint density at radius 2 is 1.54 bits per heavy atom. The number of allylic oxidation sites excluding steroid dienone is 1. The van der Waals surface area contributed by atoms with Crippen molar-refractivity contribution in [3.8, 4) is 0 Å². The maximum Gasteiger partial charge on any atom is 0.0853 e. The predicted molar refractivity (Wildman–Crippen MR) is 136 cm³/mol. The van der Waals surface area contributed by atoms with Crippen LogP contribution in [0.4, 0.5) is 0 Å². The van der Waals surface area contributed by atoms with E-state index in [9.17, 15) is 25.5 Å². The van der Waals surface area contributed by atoms with Gasteiger partial charge in [-0.2, -0.15) is 0 Å². The molecule has 5 aliphatic rings. The van der Waals surface area contributed by atoms with E-state index in [0.717, 1.165) is 25.7 Å². The average Bonchev–Trinajstić information content (AvgIpc) is 3.09. The lowest BCUT2D eigenvalue weighted by Crippen LogP contribution is -2.67. The minimum Gasteiger partial charge on any atom is -0.396 e. The van der Waals surface area contributed by atoms with E-state index in [4.69, 9.17) is 0 Å². The Balaban J connectivity index is 1.63. The van der Waals surface area contributed by atoms with Gasteiger partial charge in [-0.15, -0.1) is 0 Å². The van der Waals surface area contributed by atoms with Gasteiger partial charge < -0.3 is 25.5 Å². The normalized spacial score (nSPS) is 57.1. The van der Waals surface area contributed by atoms with E-state index in [2.05, 4.69) is 40.7 Å². The number of rotatable bonds is 2. The van der Waals surface area contributed by atoms with Gasteiger partial charge >= 0.3 is 0 Å². The highest BCUT2D eigenvalue weighted by molar-refractivity contribution is 5.35. The largest absolute Gasteiger partial charge is 0.396 e. The molecule has 5 N–H and O–H groups in total. The van der Waals surface area contributed by atoms with Crippen LogP contribution >= 0.6 is 0 Å². The number of aliphatic hydroxyl groups is 5. The Bertz CT molecular complexity index is 897. The fourth-order valence-electron chi connectivity index (χ4n) is 11.4. The molecule has 200 valence electrons. The second kappa shape index (κ2) is 7.79. The van der Waals surface area contributed by atoms with Crippen molar-refractivity contribution < 1.29 is 25.5 Å². The second-order valence-electron chi connectivity index (χ2n) is 15.0. The number of fused-ring (bicyclic) bond motifs is 7. The van der Waals surface area contributed by atoms with E-state index < -0.39 is 29.8 Å². The quantitative estimate of drug-likeness (QED) is 0.378. The molecule has 0 bridgehead atoms. The summed E-state index contributed by atoms with van der Waals surface area (Å²) in [5.41, 5.74) is -0.234. The fourth-order valence-corrected chi connectivity index (χ4v) is 11.4. The van der Waals surface area contributed by atoms with E-state index in [-0.39, 0.29) is 46.0 Å². The van der Waals surface area contributed by atoms with Gasteiger partial charge in [-0.25, -0.2) is 0 Å². The average molecular weight is 491 g/mol. The van der Waals surface area contributed by atoms with Crippen molar-refractivity contribution in [1.29, 1.82) is 0 Å². The lowest BCUT2D eigenvalue weighted by molar-refractivity contribution is -0.221. The molecule has 12 atom stereocenters. The summed E-state index contributed by atoms with van der Waals surface area (Å²) in [5.74, 6) is 0.746. The SMILES string of the molecule is CC(C)[C@@H]1C[C@@H](O)[C@H]2[C@]1(CO)CC[C@]1(C)[C@H]3C(=CC[C@@]21C)[C@@]1(C)C[C@@H](O)[C@H](O)C(C)(C)[C@@H]1C[C@@H]3O. The highest BCUT2D eigenvalue weighted by Gasteiger charge is 2.72. The van der Waals surface area contributed by atoms with Crippen LogP contribution in [-0.2, 0) is 0 Å². The maximum atomic E-state index is 11.8. The summed E-state index contributed by atoms with van der Waals surface area (Å²) in [6.07, 6.45) is 4.32. The Hall–Kier alpha value is -0.460. The molecule has 0 amide bonds. The van der Waals surface area contributed by atoms with Gasteiger partial charge in [0.25, 0.3) is 0 Å². The molecule has 0 aliphatic heterocycles. The van der Waals surface area contributed by atoms with Crippen LogP contribution in [0.5, 0.6) is 0 Å². The summed E-state index contributed by atoms with van der Waals surface area (Å²) in [4.78, 5) is 0. The van der Waals surface area contributed by atoms with Crippen molar-refractivity contribution in [3.63, 3.8) is 0 Å². The van der Waals surface area contributed by atoms with Crippen LogP contribution in [0.3, 0.4) is 0 Å². The first-order chi connectivity index (χ1) is 16.1. The first-order valence-electron chi connectivity index (χ1n) is 14.2. The van der Waals surface area contributed by atoms with E-state index in [0.29, 0.717) is 24.7 Å². The molecule has 5 nitrogen and oxygen atoms in total. The van der Waals surface area contributed by atoms with Crippen molar-refractivity contribution in [2.45, 2.75) is 111 Å². The molecule has 5 rings (SSSR count). The molecular formula is C30H50O5. The molecule has 5 heteroatoms. The number of hydrogen-bond donors (Lipinski definition) is 5. The monoisotopic (exact) mass is 490 g/mol. The zero-order chi connectivity index (χ0) is 25.9. The van der Waals surface area contributed by atoms with Gasteiger partial charge in [0.15, 0.2) is 0 Å². The van der Waals surface area contributed by atoms with E-state index in [1.807, 2.05) is 13.8 Å². The van der Waals surface area contributed by atoms with Crippen LogP contribution in [0.15, 0.2) is 11.6 Å². The zero-order valence-electron chi connectivity index (χ0n) is 23.0.